The fourth-order valence-corrected chi connectivity index (χ4v) is 1.39. The monoisotopic (exact) mass is 197 g/mol. The zero-order valence-electron chi connectivity index (χ0n) is 8.00. The van der Waals surface area contributed by atoms with Crippen LogP contribution in [0.3, 0.4) is 0 Å². The van der Waals surface area contributed by atoms with Gasteiger partial charge in [0.2, 0.25) is 0 Å². The minimum absolute atomic E-state index is 0.00252. The average Bonchev–Trinajstić information content (AvgIpc) is 2.48. The van der Waals surface area contributed by atoms with Gasteiger partial charge in [-0.25, -0.2) is 0 Å². The average molecular weight is 197 g/mol. The molecule has 7 heteroatoms. The lowest BCUT2D eigenvalue weighted by molar-refractivity contribution is -0.0445. The lowest BCUT2D eigenvalue weighted by atomic mass is 9.96. The van der Waals surface area contributed by atoms with Gasteiger partial charge in [-0.15, -0.1) is 0 Å². The number of methoxy groups -OCH3 is 1. The van der Waals surface area contributed by atoms with Crippen LogP contribution in [0.1, 0.15) is 6.42 Å². The quantitative estimate of drug-likeness (QED) is 0.279. The molecular weight excluding hydrogens is 185 g/mol. The Bertz CT molecular complexity index is 222. The molecular formula is C7H12BN3O3. The topological polar surface area (TPSA) is 76.5 Å². The van der Waals surface area contributed by atoms with E-state index in [1.807, 2.05) is 0 Å². The van der Waals surface area contributed by atoms with E-state index in [2.05, 4.69) is 10.0 Å². The highest BCUT2D eigenvalue weighted by Crippen LogP contribution is 2.21. The molecule has 1 fully saturated rings. The van der Waals surface area contributed by atoms with Crippen LogP contribution in [0.15, 0.2) is 5.11 Å². The van der Waals surface area contributed by atoms with Gasteiger partial charge in [0.15, 0.2) is 0 Å². The minimum atomic E-state index is -0.328. The van der Waals surface area contributed by atoms with Gasteiger partial charge >= 0.3 is 0 Å². The van der Waals surface area contributed by atoms with Crippen LogP contribution in [-0.4, -0.2) is 46.5 Å². The molecule has 2 radical (unpaired) electrons. The van der Waals surface area contributed by atoms with E-state index in [1.54, 1.807) is 7.11 Å². The van der Waals surface area contributed by atoms with Crippen LogP contribution in [0.25, 0.3) is 10.4 Å². The fraction of sp³-hybridized carbons (Fsp3) is 1.00. The predicted molar refractivity (Wildman–Crippen MR) is 49.8 cm³/mol. The van der Waals surface area contributed by atoms with E-state index in [4.69, 9.17) is 27.6 Å². The molecule has 3 atom stereocenters. The zero-order valence-corrected chi connectivity index (χ0v) is 8.00. The maximum atomic E-state index is 8.06. The van der Waals surface area contributed by atoms with Crippen molar-refractivity contribution in [2.45, 2.75) is 24.6 Å². The highest BCUT2D eigenvalue weighted by atomic mass is 16.6. The molecule has 6 nitrogen and oxygen atoms in total. The fourth-order valence-electron chi connectivity index (χ4n) is 1.39. The molecule has 0 spiro atoms. The largest absolute Gasteiger partial charge is 0.382 e. The number of hydrogen-bond acceptors (Lipinski definition) is 4. The summed E-state index contributed by atoms with van der Waals surface area (Å²) in [6, 6.07) is -0.328. The van der Waals surface area contributed by atoms with Crippen molar-refractivity contribution < 1.29 is 14.2 Å². The Morgan fingerprint density at radius 3 is 3.14 bits per heavy atom. The van der Waals surface area contributed by atoms with Gasteiger partial charge in [0.1, 0.15) is 20.7 Å². The Morgan fingerprint density at radius 2 is 2.50 bits per heavy atom. The summed E-state index contributed by atoms with van der Waals surface area (Å²) >= 11 is 0. The number of azide groups is 1. The third kappa shape index (κ3) is 3.19. The summed E-state index contributed by atoms with van der Waals surface area (Å²) in [5, 5.41) is 3.28. The van der Waals surface area contributed by atoms with E-state index in [1.165, 1.54) is 0 Å². The molecule has 1 aliphatic rings. The first kappa shape index (κ1) is 11.3. The van der Waals surface area contributed by atoms with Crippen LogP contribution in [0, 0.1) is 0 Å². The van der Waals surface area contributed by atoms with Gasteiger partial charge in [-0.05, 0) is 12.0 Å². The molecule has 1 rings (SSSR count). The molecule has 1 saturated heterocycles. The Labute approximate surface area is 83.5 Å². The summed E-state index contributed by atoms with van der Waals surface area (Å²) in [6.45, 7) is 0.423. The van der Waals surface area contributed by atoms with Crippen LogP contribution in [0.5, 0.6) is 0 Å². The molecule has 0 aromatic heterocycles. The molecule has 0 aromatic rings. The van der Waals surface area contributed by atoms with Crippen LogP contribution >= 0.6 is 0 Å². The second-order valence-corrected chi connectivity index (χ2v) is 2.97. The van der Waals surface area contributed by atoms with Crippen molar-refractivity contribution in [2.75, 3.05) is 20.4 Å². The predicted octanol–water partition coefficient (Wildman–Crippen LogP) is 0.569. The Balaban J connectivity index is 2.36. The highest BCUT2D eigenvalue weighted by molar-refractivity contribution is 6.11. The van der Waals surface area contributed by atoms with Gasteiger partial charge in [-0.3, -0.25) is 0 Å². The van der Waals surface area contributed by atoms with E-state index in [-0.39, 0.29) is 24.9 Å². The van der Waals surface area contributed by atoms with E-state index >= 15 is 0 Å². The number of ether oxygens (including phenoxy) is 3. The lowest BCUT2D eigenvalue weighted by Gasteiger charge is -2.16. The van der Waals surface area contributed by atoms with Crippen LogP contribution in [0.2, 0.25) is 0 Å². The summed E-state index contributed by atoms with van der Waals surface area (Å²) in [6.07, 6.45) is 0.258. The molecule has 0 unspecified atom stereocenters. The van der Waals surface area contributed by atoms with Gasteiger partial charge in [-0.1, -0.05) is 5.11 Å². The van der Waals surface area contributed by atoms with Crippen molar-refractivity contribution >= 4 is 7.85 Å². The second kappa shape index (κ2) is 5.88. The first-order valence-corrected chi connectivity index (χ1v) is 4.30. The van der Waals surface area contributed by atoms with Crippen LogP contribution in [-0.2, 0) is 14.2 Å². The Kier molecular flexibility index (Phi) is 4.75. The smallest absolute Gasteiger partial charge is 0.126 e. The standard InChI is InChI=1S/C7H12BN3O3/c1-12-3-6-5(2-7(8)14-6)13-4-10-11-9/h5-7H,2-4H2,1H3/t5-,6-,7-/m1/s1. The van der Waals surface area contributed by atoms with Gasteiger partial charge < -0.3 is 14.2 Å². The third-order valence-electron chi connectivity index (χ3n) is 1.97. The van der Waals surface area contributed by atoms with Crippen molar-refractivity contribution in [3.63, 3.8) is 0 Å². The highest BCUT2D eigenvalue weighted by Gasteiger charge is 2.32. The number of nitrogens with zero attached hydrogens (tertiary/aromatic N) is 3. The molecule has 0 saturated carbocycles. The summed E-state index contributed by atoms with van der Waals surface area (Å²) in [7, 11) is 7.17. The van der Waals surface area contributed by atoms with Gasteiger partial charge in [0, 0.05) is 18.0 Å². The maximum absolute atomic E-state index is 8.06. The summed E-state index contributed by atoms with van der Waals surface area (Å²) in [5.74, 6) is 0. The molecule has 0 N–H and O–H groups in total. The zero-order chi connectivity index (χ0) is 10.4. The SMILES string of the molecule is [B][C@H]1C[C@@H](OCN=[N+]=[N-])[C@@H](COC)O1. The van der Waals surface area contributed by atoms with Gasteiger partial charge in [-0.2, -0.15) is 0 Å². The normalized spacial score (nSPS) is 31.4. The van der Waals surface area contributed by atoms with Gasteiger partial charge in [0.05, 0.1) is 12.7 Å². The van der Waals surface area contributed by atoms with E-state index < -0.39 is 0 Å². The van der Waals surface area contributed by atoms with Crippen LogP contribution in [0.4, 0.5) is 0 Å². The summed E-state index contributed by atoms with van der Waals surface area (Å²) < 4.78 is 15.6. The van der Waals surface area contributed by atoms with Crippen molar-refractivity contribution in [3.8, 4) is 0 Å². The first-order chi connectivity index (χ1) is 6.77. The van der Waals surface area contributed by atoms with Crippen molar-refractivity contribution in [3.05, 3.63) is 10.4 Å². The number of hydrogen-bond donors (Lipinski definition) is 0. The van der Waals surface area contributed by atoms with E-state index in [9.17, 15) is 0 Å². The first-order valence-electron chi connectivity index (χ1n) is 4.30. The van der Waals surface area contributed by atoms with Crippen molar-refractivity contribution in [2.24, 2.45) is 5.11 Å². The minimum Gasteiger partial charge on any atom is -0.382 e. The Morgan fingerprint density at radius 1 is 1.71 bits per heavy atom. The molecule has 0 amide bonds. The Hall–Kier alpha value is -0.745. The van der Waals surface area contributed by atoms with Crippen molar-refractivity contribution in [1.82, 2.24) is 0 Å². The van der Waals surface area contributed by atoms with Crippen LogP contribution < -0.4 is 0 Å². The summed E-state index contributed by atoms with van der Waals surface area (Å²) in [5.41, 5.74) is 8.06. The maximum Gasteiger partial charge on any atom is 0.126 e. The van der Waals surface area contributed by atoms with Crippen molar-refractivity contribution in [1.29, 1.82) is 0 Å². The molecule has 0 bridgehead atoms. The molecule has 0 aromatic carbocycles. The molecule has 1 aliphatic heterocycles. The second-order valence-electron chi connectivity index (χ2n) is 2.97. The van der Waals surface area contributed by atoms with Gasteiger partial charge in [0.25, 0.3) is 0 Å². The molecule has 1 heterocycles. The van der Waals surface area contributed by atoms with E-state index in [0.717, 1.165) is 0 Å². The third-order valence-corrected chi connectivity index (χ3v) is 1.97. The molecule has 14 heavy (non-hydrogen) atoms. The summed E-state index contributed by atoms with van der Waals surface area (Å²) in [4.78, 5) is 2.58. The molecule has 76 valence electrons. The number of rotatable bonds is 5. The lowest BCUT2D eigenvalue weighted by Crippen LogP contribution is -2.28. The molecule has 0 aliphatic carbocycles. The van der Waals surface area contributed by atoms with E-state index in [0.29, 0.717) is 13.0 Å².